The maximum atomic E-state index is 12.9. The zero-order chi connectivity index (χ0) is 52.2. The second kappa shape index (κ2) is 59.9. The van der Waals surface area contributed by atoms with Gasteiger partial charge >= 0.3 is 17.9 Å². The second-order valence-corrected chi connectivity index (χ2v) is 20.0. The minimum atomic E-state index is -0.797. The zero-order valence-corrected chi connectivity index (χ0v) is 47.2. The summed E-state index contributed by atoms with van der Waals surface area (Å²) < 4.78 is 16.9. The SMILES string of the molecule is CCCCC\C=C/C=C\C=C/C=C\CCCCCCCC(=O)OC(COC(=O)CCCCCCCCC/C=C\C/C=C\CCCCC)COC(=O)CCCCCCCCCCCC/C=C\C=C/CCCCC. The van der Waals surface area contributed by atoms with Crippen LogP contribution in [-0.4, -0.2) is 37.2 Å². The Hall–Kier alpha value is -3.67. The van der Waals surface area contributed by atoms with Gasteiger partial charge in [0.15, 0.2) is 6.10 Å². The highest BCUT2D eigenvalue weighted by molar-refractivity contribution is 5.71. The van der Waals surface area contributed by atoms with Crippen molar-refractivity contribution in [1.29, 1.82) is 0 Å². The Morgan fingerprint density at radius 1 is 0.292 bits per heavy atom. The molecule has 0 radical (unpaired) electrons. The number of hydrogen-bond donors (Lipinski definition) is 0. The summed E-state index contributed by atoms with van der Waals surface area (Å²) in [4.78, 5) is 38.3. The Bertz CT molecular complexity index is 1430. The highest BCUT2D eigenvalue weighted by Crippen LogP contribution is 2.15. The van der Waals surface area contributed by atoms with Gasteiger partial charge in [0.25, 0.3) is 0 Å². The molecular formula is C66H112O6. The standard InChI is InChI=1S/C66H112O6/c1-4-7-10-13-16-19-22-25-28-31-33-36-38-41-44-47-50-53-56-59-65(68)71-62-63(61-70-64(67)58-55-52-49-46-43-40-37-34-30-27-24-21-18-15-12-9-6-3)72-66(69)60-57-54-51-48-45-42-39-35-32-29-26-23-20-17-14-11-8-5-2/h16-23,25-27,29-30,32,35,39,63H,4-15,24,28,31,33-34,36-38,40-62H2,1-3H3/b19-16-,20-17-,21-18-,25-22-,26-23-,30-27-,32-29-,39-35-. The summed E-state index contributed by atoms with van der Waals surface area (Å²) in [7, 11) is 0. The molecule has 0 spiro atoms. The van der Waals surface area contributed by atoms with Crippen molar-refractivity contribution in [2.24, 2.45) is 0 Å². The summed E-state index contributed by atoms with van der Waals surface area (Å²) in [5, 5.41) is 0. The molecule has 72 heavy (non-hydrogen) atoms. The van der Waals surface area contributed by atoms with E-state index in [1.807, 2.05) is 0 Å². The van der Waals surface area contributed by atoms with Gasteiger partial charge in [-0.2, -0.15) is 0 Å². The lowest BCUT2D eigenvalue weighted by molar-refractivity contribution is -0.167. The van der Waals surface area contributed by atoms with Gasteiger partial charge in [0.1, 0.15) is 13.2 Å². The van der Waals surface area contributed by atoms with E-state index < -0.39 is 6.10 Å². The van der Waals surface area contributed by atoms with Crippen LogP contribution in [0.15, 0.2) is 97.2 Å². The molecule has 0 aromatic carbocycles. The molecule has 0 aromatic rings. The van der Waals surface area contributed by atoms with Crippen LogP contribution < -0.4 is 0 Å². The number of esters is 3. The molecule has 6 nitrogen and oxygen atoms in total. The summed E-state index contributed by atoms with van der Waals surface area (Å²) in [6.45, 7) is 6.54. The van der Waals surface area contributed by atoms with Crippen molar-refractivity contribution < 1.29 is 28.6 Å². The first-order valence-electron chi connectivity index (χ1n) is 30.3. The lowest BCUT2D eigenvalue weighted by Gasteiger charge is -2.18. The summed E-state index contributed by atoms with van der Waals surface area (Å²) in [5.74, 6) is -0.919. The highest BCUT2D eigenvalue weighted by atomic mass is 16.6. The first kappa shape index (κ1) is 68.3. The number of allylic oxidation sites excluding steroid dienone is 16. The Labute approximate surface area is 445 Å². The first-order valence-corrected chi connectivity index (χ1v) is 30.3. The number of carbonyl (C=O) groups excluding carboxylic acids is 3. The van der Waals surface area contributed by atoms with Crippen LogP contribution in [0.25, 0.3) is 0 Å². The molecule has 0 aromatic heterocycles. The minimum absolute atomic E-state index is 0.0918. The van der Waals surface area contributed by atoms with E-state index in [4.69, 9.17) is 14.2 Å². The Morgan fingerprint density at radius 2 is 0.556 bits per heavy atom. The minimum Gasteiger partial charge on any atom is -0.462 e. The molecule has 0 heterocycles. The van der Waals surface area contributed by atoms with E-state index in [9.17, 15) is 14.4 Å². The number of carbonyl (C=O) groups is 3. The van der Waals surface area contributed by atoms with Crippen molar-refractivity contribution in [3.8, 4) is 0 Å². The maximum Gasteiger partial charge on any atom is 0.306 e. The van der Waals surface area contributed by atoms with Crippen LogP contribution in [0, 0.1) is 0 Å². The predicted octanol–water partition coefficient (Wildman–Crippen LogP) is 20.5. The van der Waals surface area contributed by atoms with Gasteiger partial charge in [-0.05, 0) is 103 Å². The van der Waals surface area contributed by atoms with Gasteiger partial charge < -0.3 is 14.2 Å². The van der Waals surface area contributed by atoms with Gasteiger partial charge in [0, 0.05) is 19.3 Å². The fourth-order valence-corrected chi connectivity index (χ4v) is 8.30. The van der Waals surface area contributed by atoms with Crippen LogP contribution >= 0.6 is 0 Å². The summed E-state index contributed by atoms with van der Waals surface area (Å²) in [5.41, 5.74) is 0. The molecule has 0 rings (SSSR count). The molecular weight excluding hydrogens is 889 g/mol. The van der Waals surface area contributed by atoms with Crippen LogP contribution in [0.4, 0.5) is 0 Å². The predicted molar refractivity (Wildman–Crippen MR) is 311 cm³/mol. The van der Waals surface area contributed by atoms with E-state index in [1.165, 1.54) is 148 Å². The van der Waals surface area contributed by atoms with Crippen LogP contribution in [-0.2, 0) is 28.6 Å². The number of ether oxygens (including phenoxy) is 3. The van der Waals surface area contributed by atoms with Crippen LogP contribution in [0.2, 0.25) is 0 Å². The third-order valence-electron chi connectivity index (χ3n) is 12.9. The normalized spacial score (nSPS) is 12.8. The molecule has 0 fully saturated rings. The molecule has 1 unspecified atom stereocenters. The van der Waals surface area contributed by atoms with Crippen LogP contribution in [0.1, 0.15) is 284 Å². The molecule has 0 aliphatic carbocycles. The van der Waals surface area contributed by atoms with Crippen molar-refractivity contribution in [2.75, 3.05) is 13.2 Å². The van der Waals surface area contributed by atoms with Crippen molar-refractivity contribution in [3.05, 3.63) is 97.2 Å². The van der Waals surface area contributed by atoms with Crippen molar-refractivity contribution >= 4 is 17.9 Å². The summed E-state index contributed by atoms with van der Waals surface area (Å²) in [6.07, 6.45) is 79.6. The van der Waals surface area contributed by atoms with Gasteiger partial charge in [-0.1, -0.05) is 259 Å². The third-order valence-corrected chi connectivity index (χ3v) is 12.9. The molecule has 0 N–H and O–H groups in total. The summed E-state index contributed by atoms with van der Waals surface area (Å²) >= 11 is 0. The molecule has 6 heteroatoms. The Kier molecular flexibility index (Phi) is 56.8. The van der Waals surface area contributed by atoms with Gasteiger partial charge in [-0.3, -0.25) is 14.4 Å². The molecule has 0 aliphatic rings. The van der Waals surface area contributed by atoms with E-state index >= 15 is 0 Å². The fourth-order valence-electron chi connectivity index (χ4n) is 8.30. The first-order chi connectivity index (χ1) is 35.5. The molecule has 0 aliphatic heterocycles. The Morgan fingerprint density at radius 3 is 0.903 bits per heavy atom. The monoisotopic (exact) mass is 1000 g/mol. The molecule has 1 atom stereocenters. The maximum absolute atomic E-state index is 12.9. The average molecular weight is 1000 g/mol. The third kappa shape index (κ3) is 57.2. The molecule has 0 bridgehead atoms. The van der Waals surface area contributed by atoms with Crippen molar-refractivity contribution in [3.63, 3.8) is 0 Å². The van der Waals surface area contributed by atoms with Gasteiger partial charge in [0.2, 0.25) is 0 Å². The van der Waals surface area contributed by atoms with E-state index in [0.717, 1.165) is 96.3 Å². The zero-order valence-electron chi connectivity index (χ0n) is 47.2. The average Bonchev–Trinajstić information content (AvgIpc) is 3.38. The van der Waals surface area contributed by atoms with Gasteiger partial charge in [-0.15, -0.1) is 0 Å². The quantitative estimate of drug-likeness (QED) is 0.0199. The van der Waals surface area contributed by atoms with Gasteiger partial charge in [0.05, 0.1) is 0 Å². The van der Waals surface area contributed by atoms with E-state index in [0.29, 0.717) is 19.3 Å². The lowest BCUT2D eigenvalue weighted by Crippen LogP contribution is -2.30. The van der Waals surface area contributed by atoms with Crippen LogP contribution in [0.3, 0.4) is 0 Å². The van der Waals surface area contributed by atoms with E-state index in [-0.39, 0.29) is 31.1 Å². The summed E-state index contributed by atoms with van der Waals surface area (Å²) in [6, 6.07) is 0. The molecule has 0 saturated heterocycles. The largest absolute Gasteiger partial charge is 0.462 e. The Balaban J connectivity index is 4.45. The molecule has 412 valence electrons. The number of rotatable bonds is 54. The van der Waals surface area contributed by atoms with E-state index in [2.05, 4.69) is 118 Å². The molecule has 0 amide bonds. The highest BCUT2D eigenvalue weighted by Gasteiger charge is 2.19. The topological polar surface area (TPSA) is 78.9 Å². The second-order valence-electron chi connectivity index (χ2n) is 20.0. The fraction of sp³-hybridized carbons (Fsp3) is 0.712. The van der Waals surface area contributed by atoms with E-state index in [1.54, 1.807) is 0 Å². The van der Waals surface area contributed by atoms with Gasteiger partial charge in [-0.25, -0.2) is 0 Å². The van der Waals surface area contributed by atoms with Crippen molar-refractivity contribution in [1.82, 2.24) is 0 Å². The van der Waals surface area contributed by atoms with Crippen LogP contribution in [0.5, 0.6) is 0 Å². The van der Waals surface area contributed by atoms with Crippen molar-refractivity contribution in [2.45, 2.75) is 290 Å². The molecule has 0 saturated carbocycles. The lowest BCUT2D eigenvalue weighted by atomic mass is 10.1. The smallest absolute Gasteiger partial charge is 0.306 e. The number of unbranched alkanes of at least 4 members (excludes halogenated alkanes) is 31. The number of hydrogen-bond acceptors (Lipinski definition) is 6.